The van der Waals surface area contributed by atoms with Crippen LogP contribution in [0.15, 0.2) is 29.4 Å². The van der Waals surface area contributed by atoms with Gasteiger partial charge in [0.25, 0.3) is 0 Å². The van der Waals surface area contributed by atoms with Gasteiger partial charge in [-0.2, -0.15) is 13.2 Å². The molecule has 0 saturated heterocycles. The average Bonchev–Trinajstić information content (AvgIpc) is 2.25. The largest absolute Gasteiger partial charge is 0.437 e. The minimum atomic E-state index is -4.57. The highest BCUT2D eigenvalue weighted by molar-refractivity contribution is 6.64. The molecule has 0 unspecified atom stereocenters. The molecule has 0 aliphatic carbocycles. The molecule has 0 spiro atoms. The van der Waals surface area contributed by atoms with Crippen molar-refractivity contribution in [1.82, 2.24) is 0 Å². The fourth-order valence-corrected chi connectivity index (χ4v) is 1.11. The molecule has 4 nitrogen and oxygen atoms in total. The number of alkyl halides is 3. The van der Waals surface area contributed by atoms with E-state index in [1.807, 2.05) is 5.32 Å². The van der Waals surface area contributed by atoms with E-state index in [1.54, 1.807) is 0 Å². The van der Waals surface area contributed by atoms with Gasteiger partial charge >= 0.3 is 12.3 Å². The average molecular weight is 281 g/mol. The van der Waals surface area contributed by atoms with Gasteiger partial charge in [-0.3, -0.25) is 10.2 Å². The molecule has 1 amide bonds. The number of benzene rings is 1. The molecule has 1 rings (SSSR count). The summed E-state index contributed by atoms with van der Waals surface area (Å²) in [6, 6.07) is 4.49. The molecular weight excluding hydrogens is 273 g/mol. The lowest BCUT2D eigenvalue weighted by Gasteiger charge is -2.12. The molecule has 18 heavy (non-hydrogen) atoms. The highest BCUT2D eigenvalue weighted by atomic mass is 35.5. The molecule has 0 radical (unpaired) electrons. The van der Waals surface area contributed by atoms with Gasteiger partial charge in [-0.1, -0.05) is 28.9 Å². The van der Waals surface area contributed by atoms with Crippen molar-refractivity contribution in [2.75, 3.05) is 5.32 Å². The minimum absolute atomic E-state index is 0.0609. The van der Waals surface area contributed by atoms with Crippen molar-refractivity contribution >= 4 is 28.6 Å². The lowest BCUT2D eigenvalue weighted by molar-refractivity contribution is -0.136. The number of halogens is 4. The third-order valence-corrected chi connectivity index (χ3v) is 1.79. The number of nitrogens with zero attached hydrogens (tertiary/aromatic N) is 1. The molecular formula is C10H8ClF3N2O2. The Bertz CT molecular complexity index is 470. The number of rotatable bonds is 2. The molecule has 1 aromatic rings. The zero-order valence-corrected chi connectivity index (χ0v) is 9.84. The highest BCUT2D eigenvalue weighted by Crippen LogP contribution is 2.34. The summed E-state index contributed by atoms with van der Waals surface area (Å²) < 4.78 is 37.7. The lowest BCUT2D eigenvalue weighted by atomic mass is 10.2. The summed E-state index contributed by atoms with van der Waals surface area (Å²) in [5.74, 6) is 0. The van der Waals surface area contributed by atoms with Gasteiger partial charge in [0.1, 0.15) is 5.17 Å². The number of oxime groups is 1. The smallest absolute Gasteiger partial charge is 0.297 e. The number of hydrogen-bond donors (Lipinski definition) is 1. The third kappa shape index (κ3) is 4.25. The third-order valence-electron chi connectivity index (χ3n) is 1.72. The van der Waals surface area contributed by atoms with Crippen molar-refractivity contribution in [3.63, 3.8) is 0 Å². The van der Waals surface area contributed by atoms with Gasteiger partial charge in [-0.05, 0) is 19.1 Å². The molecule has 0 bridgehead atoms. The predicted molar refractivity (Wildman–Crippen MR) is 60.5 cm³/mol. The van der Waals surface area contributed by atoms with Crippen molar-refractivity contribution in [3.8, 4) is 0 Å². The first-order chi connectivity index (χ1) is 8.30. The van der Waals surface area contributed by atoms with Crippen LogP contribution in [0.25, 0.3) is 0 Å². The molecule has 0 heterocycles. The lowest BCUT2D eigenvalue weighted by Crippen LogP contribution is -2.16. The van der Waals surface area contributed by atoms with Crippen LogP contribution in [-0.2, 0) is 11.0 Å². The van der Waals surface area contributed by atoms with Crippen molar-refractivity contribution in [2.45, 2.75) is 13.1 Å². The van der Waals surface area contributed by atoms with E-state index in [0.717, 1.165) is 12.1 Å². The molecule has 98 valence electrons. The Labute approximate surface area is 105 Å². The van der Waals surface area contributed by atoms with Crippen LogP contribution in [0, 0.1) is 0 Å². The van der Waals surface area contributed by atoms with Crippen LogP contribution < -0.4 is 5.32 Å². The summed E-state index contributed by atoms with van der Waals surface area (Å²) in [4.78, 5) is 15.3. The van der Waals surface area contributed by atoms with Gasteiger partial charge in [0.15, 0.2) is 0 Å². The summed E-state index contributed by atoms with van der Waals surface area (Å²) in [5, 5.41) is 4.97. The Hall–Kier alpha value is -1.76. The van der Waals surface area contributed by atoms with Crippen LogP contribution >= 0.6 is 11.6 Å². The second-order valence-corrected chi connectivity index (χ2v) is 3.68. The first-order valence-corrected chi connectivity index (χ1v) is 5.03. The molecule has 8 heteroatoms. The number of carbonyl (C=O) groups excluding carboxylic acids is 1. The van der Waals surface area contributed by atoms with E-state index in [0.29, 0.717) is 0 Å². The molecule has 1 N–H and O–H groups in total. The fraction of sp³-hybridized carbons (Fsp3) is 0.200. The van der Waals surface area contributed by atoms with E-state index in [4.69, 9.17) is 11.6 Å². The molecule has 0 aliphatic heterocycles. The number of amides is 1. The van der Waals surface area contributed by atoms with Gasteiger partial charge in [0.2, 0.25) is 0 Å². The SMILES string of the molecule is CC(Cl)=NOC(=O)Nc1ccccc1C(F)(F)F. The van der Waals surface area contributed by atoms with Crippen molar-refractivity contribution in [3.05, 3.63) is 29.8 Å². The van der Waals surface area contributed by atoms with E-state index in [2.05, 4.69) is 9.99 Å². The number of nitrogens with one attached hydrogen (secondary N) is 1. The normalized spacial score (nSPS) is 12.2. The Kier molecular flexibility index (Phi) is 4.55. The minimum Gasteiger partial charge on any atom is -0.297 e. The van der Waals surface area contributed by atoms with Gasteiger partial charge in [-0.15, -0.1) is 0 Å². The molecule has 0 aliphatic rings. The summed E-state index contributed by atoms with van der Waals surface area (Å²) in [6.07, 6.45) is -5.73. The number of anilines is 1. The van der Waals surface area contributed by atoms with Gasteiger partial charge < -0.3 is 0 Å². The van der Waals surface area contributed by atoms with Crippen molar-refractivity contribution in [1.29, 1.82) is 0 Å². The summed E-state index contributed by atoms with van der Waals surface area (Å²) in [7, 11) is 0. The maximum Gasteiger partial charge on any atom is 0.437 e. The van der Waals surface area contributed by atoms with E-state index < -0.39 is 23.5 Å². The van der Waals surface area contributed by atoms with Crippen LogP contribution in [-0.4, -0.2) is 11.3 Å². The number of hydrogen-bond acceptors (Lipinski definition) is 3. The second-order valence-electron chi connectivity index (χ2n) is 3.14. The molecule has 1 aromatic carbocycles. The maximum atomic E-state index is 12.6. The predicted octanol–water partition coefficient (Wildman–Crippen LogP) is 3.83. The number of para-hydroxylation sites is 1. The van der Waals surface area contributed by atoms with E-state index in [9.17, 15) is 18.0 Å². The monoisotopic (exact) mass is 280 g/mol. The standard InChI is InChI=1S/C10H8ClF3N2O2/c1-6(11)16-18-9(17)15-8-5-3-2-4-7(8)10(12,13)14/h2-5H,1H3,(H,15,17). The highest BCUT2D eigenvalue weighted by Gasteiger charge is 2.33. The summed E-state index contributed by atoms with van der Waals surface area (Å²) in [6.45, 7) is 1.35. The van der Waals surface area contributed by atoms with Crippen LogP contribution in [0.1, 0.15) is 12.5 Å². The molecule has 0 saturated carbocycles. The van der Waals surface area contributed by atoms with Crippen LogP contribution in [0.2, 0.25) is 0 Å². The van der Waals surface area contributed by atoms with E-state index in [-0.39, 0.29) is 5.17 Å². The summed E-state index contributed by atoms with van der Waals surface area (Å²) >= 11 is 5.29. The van der Waals surface area contributed by atoms with E-state index >= 15 is 0 Å². The Morgan fingerprint density at radius 1 is 1.39 bits per heavy atom. The maximum absolute atomic E-state index is 12.6. The first-order valence-electron chi connectivity index (χ1n) is 4.65. The van der Waals surface area contributed by atoms with Crippen LogP contribution in [0.5, 0.6) is 0 Å². The van der Waals surface area contributed by atoms with Gasteiger partial charge in [0.05, 0.1) is 11.3 Å². The fourth-order valence-electron chi connectivity index (χ4n) is 1.08. The zero-order valence-electron chi connectivity index (χ0n) is 9.08. The van der Waals surface area contributed by atoms with Crippen LogP contribution in [0.3, 0.4) is 0 Å². The zero-order chi connectivity index (χ0) is 13.8. The first kappa shape index (κ1) is 14.3. The molecule has 0 fully saturated rings. The van der Waals surface area contributed by atoms with E-state index in [1.165, 1.54) is 19.1 Å². The second kappa shape index (κ2) is 5.72. The quantitative estimate of drug-likeness (QED) is 0.508. The Morgan fingerprint density at radius 3 is 2.56 bits per heavy atom. The van der Waals surface area contributed by atoms with Gasteiger partial charge in [-0.25, -0.2) is 4.79 Å². The van der Waals surface area contributed by atoms with Crippen molar-refractivity contribution in [2.24, 2.45) is 5.16 Å². The Morgan fingerprint density at radius 2 is 2.00 bits per heavy atom. The topological polar surface area (TPSA) is 50.7 Å². The number of carbonyl (C=O) groups is 1. The Balaban J connectivity index is 2.85. The van der Waals surface area contributed by atoms with Crippen molar-refractivity contribution < 1.29 is 22.8 Å². The van der Waals surface area contributed by atoms with Crippen LogP contribution in [0.4, 0.5) is 23.7 Å². The molecule has 0 atom stereocenters. The molecule has 0 aromatic heterocycles. The summed E-state index contributed by atoms with van der Waals surface area (Å²) in [5.41, 5.74) is -1.40. The van der Waals surface area contributed by atoms with Gasteiger partial charge in [0, 0.05) is 0 Å².